The Balaban J connectivity index is 1.87. The van der Waals surface area contributed by atoms with Crippen molar-refractivity contribution in [3.63, 3.8) is 0 Å². The van der Waals surface area contributed by atoms with Crippen molar-refractivity contribution in [2.75, 3.05) is 6.54 Å². The number of hydrogen-bond acceptors (Lipinski definition) is 3. The molecule has 3 aliphatic rings. The van der Waals surface area contributed by atoms with Crippen molar-refractivity contribution in [1.29, 1.82) is 0 Å². The number of aromatic nitrogens is 1. The molecule has 0 fully saturated rings. The van der Waals surface area contributed by atoms with Gasteiger partial charge in [0.05, 0.1) is 6.54 Å². The number of rotatable bonds is 0. The van der Waals surface area contributed by atoms with E-state index in [0.29, 0.717) is 0 Å². The van der Waals surface area contributed by atoms with Crippen LogP contribution in [0.4, 0.5) is 0 Å². The summed E-state index contributed by atoms with van der Waals surface area (Å²) < 4.78 is 0. The van der Waals surface area contributed by atoms with Gasteiger partial charge >= 0.3 is 0 Å². The Morgan fingerprint density at radius 1 is 1.22 bits per heavy atom. The lowest BCUT2D eigenvalue weighted by Gasteiger charge is -2.30. The lowest BCUT2D eigenvalue weighted by atomic mass is 9.81. The highest BCUT2D eigenvalue weighted by molar-refractivity contribution is 5.97. The molecule has 3 heterocycles. The lowest BCUT2D eigenvalue weighted by Crippen LogP contribution is -2.32. The number of amidine groups is 1. The van der Waals surface area contributed by atoms with Crippen LogP contribution in [0.3, 0.4) is 0 Å². The highest BCUT2D eigenvalue weighted by Crippen LogP contribution is 2.41. The minimum atomic E-state index is -0.124. The third kappa shape index (κ3) is 1.24. The van der Waals surface area contributed by atoms with E-state index in [1.165, 1.54) is 11.1 Å². The fraction of sp³-hybridized carbons (Fsp3) is 0.200. The van der Waals surface area contributed by atoms with E-state index in [1.54, 1.807) is 0 Å². The molecule has 0 saturated carbocycles. The highest BCUT2D eigenvalue weighted by Gasteiger charge is 2.41. The molecule has 3 nitrogen and oxygen atoms in total. The summed E-state index contributed by atoms with van der Waals surface area (Å²) in [6, 6.07) is 2.11. The van der Waals surface area contributed by atoms with Gasteiger partial charge in [0, 0.05) is 18.6 Å². The van der Waals surface area contributed by atoms with Crippen molar-refractivity contribution in [2.45, 2.75) is 12.0 Å². The first-order valence-corrected chi connectivity index (χ1v) is 6.20. The van der Waals surface area contributed by atoms with Crippen molar-refractivity contribution in [1.82, 2.24) is 9.88 Å². The predicted molar refractivity (Wildman–Crippen MR) is 72.0 cm³/mol. The maximum absolute atomic E-state index is 4.97. The minimum Gasteiger partial charge on any atom is -0.331 e. The van der Waals surface area contributed by atoms with Gasteiger partial charge in [-0.3, -0.25) is 9.98 Å². The molecule has 1 aliphatic carbocycles. The molecule has 0 saturated heterocycles. The van der Waals surface area contributed by atoms with Crippen LogP contribution in [-0.2, 0) is 5.54 Å². The molecule has 0 amide bonds. The summed E-state index contributed by atoms with van der Waals surface area (Å²) in [5.41, 5.74) is 2.37. The van der Waals surface area contributed by atoms with E-state index >= 15 is 0 Å². The third-order valence-electron chi connectivity index (χ3n) is 3.78. The summed E-state index contributed by atoms with van der Waals surface area (Å²) in [4.78, 5) is 11.4. The number of allylic oxidation sites excluding steroid dienone is 2. The van der Waals surface area contributed by atoms with Crippen molar-refractivity contribution in [3.8, 4) is 0 Å². The molecule has 1 spiro atoms. The Kier molecular flexibility index (Phi) is 1.87. The van der Waals surface area contributed by atoms with Gasteiger partial charge in [0.15, 0.2) is 0 Å². The van der Waals surface area contributed by atoms with Crippen LogP contribution in [0.15, 0.2) is 54.0 Å². The van der Waals surface area contributed by atoms with Crippen molar-refractivity contribution in [3.05, 3.63) is 60.1 Å². The molecule has 1 aromatic heterocycles. The number of aliphatic imine (C=N–C) groups is 1. The van der Waals surface area contributed by atoms with Crippen LogP contribution in [0.1, 0.15) is 17.5 Å². The van der Waals surface area contributed by atoms with Crippen molar-refractivity contribution < 1.29 is 0 Å². The van der Waals surface area contributed by atoms with Gasteiger partial charge in [0.1, 0.15) is 11.4 Å². The number of hydrogen-bond donors (Lipinski definition) is 0. The second-order valence-electron chi connectivity index (χ2n) is 4.90. The Bertz CT molecular complexity index is 624. The monoisotopic (exact) mass is 235 g/mol. The Labute approximate surface area is 106 Å². The zero-order valence-electron chi connectivity index (χ0n) is 9.95. The first-order chi connectivity index (χ1) is 8.87. The van der Waals surface area contributed by atoms with Gasteiger partial charge in [-0.25, -0.2) is 0 Å². The SMILES string of the molecule is C1=CC2=NC3(CC=Cc4cnccc43)CN2C=C1. The Morgan fingerprint density at radius 3 is 3.17 bits per heavy atom. The van der Waals surface area contributed by atoms with Gasteiger partial charge in [-0.1, -0.05) is 18.2 Å². The molecule has 4 rings (SSSR count). The topological polar surface area (TPSA) is 28.5 Å². The van der Waals surface area contributed by atoms with E-state index in [9.17, 15) is 0 Å². The highest BCUT2D eigenvalue weighted by atomic mass is 15.3. The Morgan fingerprint density at radius 2 is 2.22 bits per heavy atom. The van der Waals surface area contributed by atoms with Crippen LogP contribution >= 0.6 is 0 Å². The summed E-state index contributed by atoms with van der Waals surface area (Å²) in [6.45, 7) is 0.921. The smallest absolute Gasteiger partial charge is 0.128 e. The van der Waals surface area contributed by atoms with Gasteiger partial charge in [0.25, 0.3) is 0 Å². The fourth-order valence-electron chi connectivity index (χ4n) is 2.95. The fourth-order valence-corrected chi connectivity index (χ4v) is 2.95. The molecular formula is C15H13N3. The van der Waals surface area contributed by atoms with E-state index in [0.717, 1.165) is 18.8 Å². The first kappa shape index (κ1) is 9.83. The molecule has 0 bridgehead atoms. The van der Waals surface area contributed by atoms with E-state index in [2.05, 4.69) is 46.5 Å². The lowest BCUT2D eigenvalue weighted by molar-refractivity contribution is 0.400. The molecule has 0 N–H and O–H groups in total. The number of fused-ring (bicyclic) bond motifs is 3. The molecule has 0 radical (unpaired) electrons. The molecule has 1 aromatic rings. The largest absolute Gasteiger partial charge is 0.331 e. The van der Waals surface area contributed by atoms with E-state index in [4.69, 9.17) is 4.99 Å². The van der Waals surface area contributed by atoms with Gasteiger partial charge in [-0.05, 0) is 35.8 Å². The van der Waals surface area contributed by atoms with Crippen LogP contribution in [0.5, 0.6) is 0 Å². The van der Waals surface area contributed by atoms with Crippen LogP contribution in [0.2, 0.25) is 0 Å². The summed E-state index contributed by atoms with van der Waals surface area (Å²) >= 11 is 0. The maximum atomic E-state index is 4.97. The predicted octanol–water partition coefficient (Wildman–Crippen LogP) is 2.49. The quantitative estimate of drug-likeness (QED) is 0.691. The first-order valence-electron chi connectivity index (χ1n) is 6.20. The second-order valence-corrected chi connectivity index (χ2v) is 4.90. The molecule has 1 unspecified atom stereocenters. The van der Waals surface area contributed by atoms with Crippen LogP contribution in [0, 0.1) is 0 Å². The molecular weight excluding hydrogens is 222 g/mol. The van der Waals surface area contributed by atoms with Crippen LogP contribution in [-0.4, -0.2) is 22.3 Å². The second kappa shape index (κ2) is 3.42. The number of pyridine rings is 1. The van der Waals surface area contributed by atoms with Gasteiger partial charge in [0.2, 0.25) is 0 Å². The zero-order chi connectivity index (χ0) is 12.0. The summed E-state index contributed by atoms with van der Waals surface area (Å²) in [6.07, 6.45) is 17.4. The molecule has 3 heteroatoms. The summed E-state index contributed by atoms with van der Waals surface area (Å²) in [5.74, 6) is 1.07. The average molecular weight is 235 g/mol. The normalized spacial score (nSPS) is 27.3. The average Bonchev–Trinajstić information content (AvgIpc) is 2.78. The van der Waals surface area contributed by atoms with Crippen LogP contribution in [0.25, 0.3) is 6.08 Å². The van der Waals surface area contributed by atoms with Gasteiger partial charge in [-0.2, -0.15) is 0 Å². The van der Waals surface area contributed by atoms with Crippen molar-refractivity contribution >= 4 is 11.9 Å². The van der Waals surface area contributed by atoms with Crippen molar-refractivity contribution in [2.24, 2.45) is 4.99 Å². The molecule has 1 atom stereocenters. The maximum Gasteiger partial charge on any atom is 0.128 e. The zero-order valence-corrected chi connectivity index (χ0v) is 9.95. The molecule has 0 aromatic carbocycles. The van der Waals surface area contributed by atoms with E-state index < -0.39 is 0 Å². The van der Waals surface area contributed by atoms with Gasteiger partial charge < -0.3 is 4.90 Å². The third-order valence-corrected chi connectivity index (χ3v) is 3.78. The minimum absolute atomic E-state index is 0.124. The standard InChI is InChI=1S/C15H13N3/c1-2-9-18-11-15(17-14(18)5-1)7-3-4-12-10-16-8-6-13(12)15/h1-6,8-10H,7,11H2. The van der Waals surface area contributed by atoms with E-state index in [-0.39, 0.29) is 5.54 Å². The van der Waals surface area contributed by atoms with Gasteiger partial charge in [-0.15, -0.1) is 0 Å². The summed E-state index contributed by atoms with van der Waals surface area (Å²) in [7, 11) is 0. The molecule has 18 heavy (non-hydrogen) atoms. The molecule has 88 valence electrons. The molecule has 2 aliphatic heterocycles. The van der Waals surface area contributed by atoms with E-state index in [1.807, 2.05) is 18.5 Å². The summed E-state index contributed by atoms with van der Waals surface area (Å²) in [5, 5.41) is 0. The Hall–Kier alpha value is -2.16. The van der Waals surface area contributed by atoms with Crippen LogP contribution < -0.4 is 0 Å². The number of nitrogens with zero attached hydrogens (tertiary/aromatic N) is 3.